The fourth-order valence-corrected chi connectivity index (χ4v) is 4.98. The second kappa shape index (κ2) is 9.62. The molecule has 0 spiro atoms. The standard InChI is InChI=1S/C25H25N5O2S/c1-17-14-20(29-32-17)16-33-22-11-5-4-10-21(22)25(31)26-19-9-7-8-18(15-19)24-28-27-23-12-3-2-6-13-30(23)24/h4-5,7-11,14-15H,2-3,6,12-13,16H2,1H3,(H,26,31). The minimum absolute atomic E-state index is 0.147. The smallest absolute Gasteiger partial charge is 0.256 e. The van der Waals surface area contributed by atoms with Gasteiger partial charge in [-0.1, -0.05) is 35.8 Å². The summed E-state index contributed by atoms with van der Waals surface area (Å²) >= 11 is 1.57. The van der Waals surface area contributed by atoms with Crippen molar-refractivity contribution in [3.63, 3.8) is 0 Å². The summed E-state index contributed by atoms with van der Waals surface area (Å²) in [6.07, 6.45) is 4.47. The number of aromatic nitrogens is 4. The van der Waals surface area contributed by atoms with Gasteiger partial charge in [-0.2, -0.15) is 0 Å². The van der Waals surface area contributed by atoms with Crippen molar-refractivity contribution in [2.24, 2.45) is 0 Å². The molecule has 2 aromatic heterocycles. The van der Waals surface area contributed by atoms with Crippen LogP contribution in [0.4, 0.5) is 5.69 Å². The Hall–Kier alpha value is -3.39. The maximum absolute atomic E-state index is 13.1. The van der Waals surface area contributed by atoms with Crippen LogP contribution in [0.1, 0.15) is 46.9 Å². The third kappa shape index (κ3) is 4.85. The van der Waals surface area contributed by atoms with Crippen molar-refractivity contribution < 1.29 is 9.32 Å². The Morgan fingerprint density at radius 3 is 2.88 bits per heavy atom. The number of hydrogen-bond acceptors (Lipinski definition) is 6. The van der Waals surface area contributed by atoms with Crippen LogP contribution in [-0.2, 0) is 18.7 Å². The lowest BCUT2D eigenvalue weighted by molar-refractivity contribution is 0.102. The number of fused-ring (bicyclic) bond motifs is 1. The quantitative estimate of drug-likeness (QED) is 0.383. The zero-order valence-electron chi connectivity index (χ0n) is 18.5. The number of benzene rings is 2. The summed E-state index contributed by atoms with van der Waals surface area (Å²) in [6.45, 7) is 2.80. The van der Waals surface area contributed by atoms with E-state index in [-0.39, 0.29) is 5.91 Å². The molecule has 0 aliphatic carbocycles. The van der Waals surface area contributed by atoms with Gasteiger partial charge in [-0.3, -0.25) is 4.79 Å². The highest BCUT2D eigenvalue weighted by Crippen LogP contribution is 2.28. The van der Waals surface area contributed by atoms with E-state index in [0.29, 0.717) is 11.3 Å². The summed E-state index contributed by atoms with van der Waals surface area (Å²) in [5.74, 6) is 3.18. The van der Waals surface area contributed by atoms with E-state index in [0.717, 1.165) is 65.1 Å². The Balaban J connectivity index is 1.34. The molecule has 1 N–H and O–H groups in total. The lowest BCUT2D eigenvalue weighted by Crippen LogP contribution is -2.13. The third-order valence-corrected chi connectivity index (χ3v) is 6.78. The minimum atomic E-state index is -0.147. The van der Waals surface area contributed by atoms with Crippen molar-refractivity contribution >= 4 is 23.4 Å². The number of rotatable bonds is 6. The van der Waals surface area contributed by atoms with Crippen LogP contribution in [0.25, 0.3) is 11.4 Å². The maximum Gasteiger partial charge on any atom is 0.256 e. The van der Waals surface area contributed by atoms with Gasteiger partial charge in [-0.05, 0) is 44.0 Å². The highest BCUT2D eigenvalue weighted by atomic mass is 32.2. The van der Waals surface area contributed by atoms with Gasteiger partial charge in [0.1, 0.15) is 11.6 Å². The zero-order chi connectivity index (χ0) is 22.6. The molecule has 1 aliphatic rings. The lowest BCUT2D eigenvalue weighted by atomic mass is 10.1. The van der Waals surface area contributed by atoms with Gasteiger partial charge >= 0.3 is 0 Å². The topological polar surface area (TPSA) is 85.8 Å². The summed E-state index contributed by atoms with van der Waals surface area (Å²) in [7, 11) is 0. The van der Waals surface area contributed by atoms with Gasteiger partial charge < -0.3 is 14.4 Å². The number of carbonyl (C=O) groups excluding carboxylic acids is 1. The lowest BCUT2D eigenvalue weighted by Gasteiger charge is -2.11. The first-order valence-corrected chi connectivity index (χ1v) is 12.1. The molecule has 0 saturated heterocycles. The molecular formula is C25H25N5O2S. The van der Waals surface area contributed by atoms with Crippen LogP contribution >= 0.6 is 11.8 Å². The monoisotopic (exact) mass is 459 g/mol. The van der Waals surface area contributed by atoms with Gasteiger partial charge in [0, 0.05) is 40.9 Å². The van der Waals surface area contributed by atoms with E-state index in [1.165, 1.54) is 6.42 Å². The number of amides is 1. The predicted molar refractivity (Wildman–Crippen MR) is 128 cm³/mol. The molecule has 8 heteroatoms. The molecule has 0 radical (unpaired) electrons. The van der Waals surface area contributed by atoms with E-state index in [1.807, 2.05) is 61.5 Å². The number of nitrogens with zero attached hydrogens (tertiary/aromatic N) is 4. The average molecular weight is 460 g/mol. The fourth-order valence-electron chi connectivity index (χ4n) is 4.05. The fraction of sp³-hybridized carbons (Fsp3) is 0.280. The van der Waals surface area contributed by atoms with E-state index in [9.17, 15) is 4.79 Å². The molecular weight excluding hydrogens is 434 g/mol. The highest BCUT2D eigenvalue weighted by molar-refractivity contribution is 7.98. The van der Waals surface area contributed by atoms with Crippen LogP contribution in [0.2, 0.25) is 0 Å². The van der Waals surface area contributed by atoms with Gasteiger partial charge in [0.25, 0.3) is 5.91 Å². The molecule has 7 nitrogen and oxygen atoms in total. The molecule has 1 aliphatic heterocycles. The number of aryl methyl sites for hydroxylation is 2. The molecule has 0 saturated carbocycles. The molecule has 33 heavy (non-hydrogen) atoms. The number of carbonyl (C=O) groups is 1. The van der Waals surface area contributed by atoms with Crippen molar-refractivity contribution in [1.29, 1.82) is 0 Å². The van der Waals surface area contributed by atoms with E-state index in [2.05, 4.69) is 25.2 Å². The molecule has 2 aromatic carbocycles. The van der Waals surface area contributed by atoms with Crippen molar-refractivity contribution in [3.05, 3.63) is 77.4 Å². The van der Waals surface area contributed by atoms with Gasteiger partial charge in [0.15, 0.2) is 5.82 Å². The first kappa shape index (κ1) is 21.5. The Kier molecular flexibility index (Phi) is 6.26. The maximum atomic E-state index is 13.1. The number of nitrogens with one attached hydrogen (secondary N) is 1. The highest BCUT2D eigenvalue weighted by Gasteiger charge is 2.17. The van der Waals surface area contributed by atoms with E-state index < -0.39 is 0 Å². The van der Waals surface area contributed by atoms with Crippen molar-refractivity contribution in [2.45, 2.75) is 49.8 Å². The van der Waals surface area contributed by atoms with E-state index >= 15 is 0 Å². The second-order valence-electron chi connectivity index (χ2n) is 8.15. The van der Waals surface area contributed by atoms with Gasteiger partial charge in [-0.25, -0.2) is 0 Å². The van der Waals surface area contributed by atoms with Crippen LogP contribution in [0.3, 0.4) is 0 Å². The minimum Gasteiger partial charge on any atom is -0.361 e. The van der Waals surface area contributed by atoms with Crippen LogP contribution in [0, 0.1) is 6.92 Å². The summed E-state index contributed by atoms with van der Waals surface area (Å²) < 4.78 is 7.35. The molecule has 5 rings (SSSR count). The molecule has 0 fully saturated rings. The Morgan fingerprint density at radius 1 is 1.09 bits per heavy atom. The molecule has 168 valence electrons. The summed E-state index contributed by atoms with van der Waals surface area (Å²) in [5.41, 5.74) is 3.17. The second-order valence-corrected chi connectivity index (χ2v) is 9.17. The Morgan fingerprint density at radius 2 is 2.00 bits per heavy atom. The molecule has 4 aromatic rings. The average Bonchev–Trinajstić information content (AvgIpc) is 3.36. The van der Waals surface area contributed by atoms with E-state index in [4.69, 9.17) is 4.52 Å². The number of thioether (sulfide) groups is 1. The van der Waals surface area contributed by atoms with Crippen LogP contribution in [0.5, 0.6) is 0 Å². The molecule has 0 unspecified atom stereocenters. The van der Waals surface area contributed by atoms with Gasteiger partial charge in [-0.15, -0.1) is 22.0 Å². The number of hydrogen-bond donors (Lipinski definition) is 1. The normalized spacial score (nSPS) is 13.4. The summed E-state index contributed by atoms with van der Waals surface area (Å²) in [4.78, 5) is 14.0. The Labute approximate surface area is 196 Å². The molecule has 3 heterocycles. The zero-order valence-corrected chi connectivity index (χ0v) is 19.3. The predicted octanol–water partition coefficient (Wildman–Crippen LogP) is 5.51. The SMILES string of the molecule is Cc1cc(CSc2ccccc2C(=O)Nc2cccc(-c3nnc4n3CCCCC4)c2)no1. The van der Waals surface area contributed by atoms with Crippen molar-refractivity contribution in [2.75, 3.05) is 5.32 Å². The third-order valence-electron chi connectivity index (χ3n) is 5.67. The Bertz CT molecular complexity index is 1280. The first-order valence-electron chi connectivity index (χ1n) is 11.2. The van der Waals surface area contributed by atoms with Crippen molar-refractivity contribution in [1.82, 2.24) is 19.9 Å². The van der Waals surface area contributed by atoms with Crippen LogP contribution < -0.4 is 5.32 Å². The summed E-state index contributed by atoms with van der Waals surface area (Å²) in [5, 5.41) is 15.9. The largest absolute Gasteiger partial charge is 0.361 e. The molecule has 0 bridgehead atoms. The summed E-state index contributed by atoms with van der Waals surface area (Å²) in [6, 6.07) is 17.3. The van der Waals surface area contributed by atoms with E-state index in [1.54, 1.807) is 11.8 Å². The van der Waals surface area contributed by atoms with Crippen molar-refractivity contribution in [3.8, 4) is 11.4 Å². The molecule has 1 amide bonds. The number of anilines is 1. The van der Waals surface area contributed by atoms with Gasteiger partial charge in [0.2, 0.25) is 0 Å². The van der Waals surface area contributed by atoms with Crippen LogP contribution in [0.15, 0.2) is 64.0 Å². The van der Waals surface area contributed by atoms with Gasteiger partial charge in [0.05, 0.1) is 11.3 Å². The van der Waals surface area contributed by atoms with Crippen LogP contribution in [-0.4, -0.2) is 25.8 Å². The molecule has 0 atom stereocenters. The first-order chi connectivity index (χ1) is 16.2.